The lowest BCUT2D eigenvalue weighted by Gasteiger charge is -2.06. The SMILES string of the molecule is O=C(/C=C/c1ccc([N+](=O)[O-])cc1)Oc1ccc(Cl)cc1/C=N/NC(=O)c1ccccc1O. The van der Waals surface area contributed by atoms with Crippen LogP contribution in [0.15, 0.2) is 77.9 Å². The number of non-ortho nitro benzene ring substituents is 1. The minimum Gasteiger partial charge on any atom is -0.507 e. The number of rotatable bonds is 7. The van der Waals surface area contributed by atoms with Gasteiger partial charge in [0.2, 0.25) is 0 Å². The Morgan fingerprint density at radius 3 is 2.52 bits per heavy atom. The van der Waals surface area contributed by atoms with E-state index in [1.807, 2.05) is 0 Å². The molecule has 0 radical (unpaired) electrons. The number of carbonyl (C=O) groups is 2. The summed E-state index contributed by atoms with van der Waals surface area (Å²) in [7, 11) is 0. The molecule has 0 aliphatic carbocycles. The van der Waals surface area contributed by atoms with Crippen LogP contribution >= 0.6 is 11.6 Å². The van der Waals surface area contributed by atoms with Crippen LogP contribution in [0.2, 0.25) is 5.02 Å². The van der Waals surface area contributed by atoms with Crippen molar-refractivity contribution in [2.75, 3.05) is 0 Å². The smallest absolute Gasteiger partial charge is 0.336 e. The number of nitro benzene ring substituents is 1. The lowest BCUT2D eigenvalue weighted by atomic mass is 10.2. The molecule has 0 unspecified atom stereocenters. The molecule has 0 saturated carbocycles. The molecule has 0 spiro atoms. The average molecular weight is 466 g/mol. The van der Waals surface area contributed by atoms with Crippen molar-refractivity contribution >= 4 is 41.5 Å². The number of nitrogens with zero attached hydrogens (tertiary/aromatic N) is 2. The first-order valence-electron chi connectivity index (χ1n) is 9.39. The normalized spacial score (nSPS) is 10.9. The van der Waals surface area contributed by atoms with Crippen molar-refractivity contribution in [3.8, 4) is 11.5 Å². The van der Waals surface area contributed by atoms with Crippen LogP contribution in [0, 0.1) is 10.1 Å². The van der Waals surface area contributed by atoms with Crippen molar-refractivity contribution in [1.82, 2.24) is 5.43 Å². The van der Waals surface area contributed by atoms with Crippen molar-refractivity contribution < 1.29 is 24.4 Å². The number of hydrogen-bond acceptors (Lipinski definition) is 7. The van der Waals surface area contributed by atoms with E-state index in [0.717, 1.165) is 6.08 Å². The van der Waals surface area contributed by atoms with Gasteiger partial charge in [0.15, 0.2) is 0 Å². The van der Waals surface area contributed by atoms with Crippen LogP contribution < -0.4 is 10.2 Å². The summed E-state index contributed by atoms with van der Waals surface area (Å²) in [5.74, 6) is -1.39. The van der Waals surface area contributed by atoms with E-state index in [4.69, 9.17) is 16.3 Å². The van der Waals surface area contributed by atoms with E-state index in [1.54, 1.807) is 12.1 Å². The summed E-state index contributed by atoms with van der Waals surface area (Å²) in [6.45, 7) is 0. The number of hydrazone groups is 1. The van der Waals surface area contributed by atoms with Gasteiger partial charge in [0.05, 0.1) is 16.7 Å². The summed E-state index contributed by atoms with van der Waals surface area (Å²) in [6, 6.07) is 16.1. The summed E-state index contributed by atoms with van der Waals surface area (Å²) in [5.41, 5.74) is 3.15. The third kappa shape index (κ3) is 6.49. The topological polar surface area (TPSA) is 131 Å². The van der Waals surface area contributed by atoms with Crippen LogP contribution in [0.3, 0.4) is 0 Å². The second kappa shape index (κ2) is 10.7. The van der Waals surface area contributed by atoms with Gasteiger partial charge in [0.1, 0.15) is 11.5 Å². The molecular weight excluding hydrogens is 450 g/mol. The fourth-order valence-corrected chi connectivity index (χ4v) is 2.79. The van der Waals surface area contributed by atoms with E-state index in [0.29, 0.717) is 16.1 Å². The van der Waals surface area contributed by atoms with Crippen molar-refractivity contribution in [2.45, 2.75) is 0 Å². The number of phenols is 1. The first kappa shape index (κ1) is 23.2. The predicted octanol–water partition coefficient (Wildman–Crippen LogP) is 4.34. The molecule has 1 amide bonds. The van der Waals surface area contributed by atoms with Crippen LogP contribution in [0.1, 0.15) is 21.5 Å². The second-order valence-corrected chi connectivity index (χ2v) is 6.94. The molecule has 0 aliphatic heterocycles. The summed E-state index contributed by atoms with van der Waals surface area (Å²) in [6.07, 6.45) is 3.85. The molecule has 0 atom stereocenters. The van der Waals surface area contributed by atoms with E-state index in [1.165, 1.54) is 66.9 Å². The van der Waals surface area contributed by atoms with Crippen LogP contribution in [0.25, 0.3) is 6.08 Å². The largest absolute Gasteiger partial charge is 0.507 e. The van der Waals surface area contributed by atoms with Gasteiger partial charge in [-0.3, -0.25) is 14.9 Å². The molecule has 3 rings (SSSR count). The summed E-state index contributed by atoms with van der Waals surface area (Å²) in [5, 5.41) is 24.6. The van der Waals surface area contributed by atoms with Gasteiger partial charge < -0.3 is 9.84 Å². The van der Waals surface area contributed by atoms with Crippen LogP contribution in [0.4, 0.5) is 5.69 Å². The molecule has 0 aromatic heterocycles. The molecule has 0 heterocycles. The van der Waals surface area contributed by atoms with Gasteiger partial charge in [0, 0.05) is 28.8 Å². The molecule has 9 nitrogen and oxygen atoms in total. The van der Waals surface area contributed by atoms with Crippen molar-refractivity contribution in [3.05, 3.63) is 105 Å². The summed E-state index contributed by atoms with van der Waals surface area (Å²) >= 11 is 6.00. The highest BCUT2D eigenvalue weighted by Crippen LogP contribution is 2.22. The maximum atomic E-state index is 12.2. The van der Waals surface area contributed by atoms with Gasteiger partial charge in [0.25, 0.3) is 11.6 Å². The van der Waals surface area contributed by atoms with Crippen LogP contribution in [-0.4, -0.2) is 28.1 Å². The number of phenolic OH excluding ortho intramolecular Hbond substituents is 1. The Morgan fingerprint density at radius 2 is 1.82 bits per heavy atom. The van der Waals surface area contributed by atoms with E-state index in [2.05, 4.69) is 10.5 Å². The minimum absolute atomic E-state index is 0.0452. The fraction of sp³-hybridized carbons (Fsp3) is 0. The Morgan fingerprint density at radius 1 is 1.09 bits per heavy atom. The highest BCUT2D eigenvalue weighted by molar-refractivity contribution is 6.31. The summed E-state index contributed by atoms with van der Waals surface area (Å²) in [4.78, 5) is 34.5. The number of esters is 1. The summed E-state index contributed by atoms with van der Waals surface area (Å²) < 4.78 is 5.31. The molecule has 10 heteroatoms. The molecule has 2 N–H and O–H groups in total. The number of halogens is 1. The molecule has 0 fully saturated rings. The molecule has 33 heavy (non-hydrogen) atoms. The number of nitro groups is 1. The standard InChI is InChI=1S/C23H16ClN3O6/c24-17-8-11-21(33-22(29)12-7-15-5-9-18(10-6-15)27(31)32)16(13-17)14-25-26-23(30)19-3-1-2-4-20(19)28/h1-14,28H,(H,26,30)/b12-7+,25-14+. The van der Waals surface area contributed by atoms with Crippen LogP contribution in [0.5, 0.6) is 11.5 Å². The maximum Gasteiger partial charge on any atom is 0.336 e. The van der Waals surface area contributed by atoms with Gasteiger partial charge in [-0.1, -0.05) is 23.7 Å². The zero-order chi connectivity index (χ0) is 23.8. The molecule has 0 aliphatic rings. The molecule has 3 aromatic rings. The molecule has 3 aromatic carbocycles. The number of benzene rings is 3. The van der Waals surface area contributed by atoms with E-state index in [9.17, 15) is 24.8 Å². The van der Waals surface area contributed by atoms with Gasteiger partial charge in [-0.05, 0) is 54.1 Å². The van der Waals surface area contributed by atoms with Crippen molar-refractivity contribution in [3.63, 3.8) is 0 Å². The van der Waals surface area contributed by atoms with Crippen molar-refractivity contribution in [2.24, 2.45) is 5.10 Å². The monoisotopic (exact) mass is 465 g/mol. The Kier molecular flexibility index (Phi) is 7.51. The Balaban J connectivity index is 1.68. The van der Waals surface area contributed by atoms with E-state index in [-0.39, 0.29) is 22.7 Å². The minimum atomic E-state index is -0.705. The number of ether oxygens (including phenoxy) is 1. The lowest BCUT2D eigenvalue weighted by molar-refractivity contribution is -0.384. The Labute approximate surface area is 192 Å². The highest BCUT2D eigenvalue weighted by Gasteiger charge is 2.10. The van der Waals surface area contributed by atoms with Crippen molar-refractivity contribution in [1.29, 1.82) is 0 Å². The molecule has 0 bridgehead atoms. The second-order valence-electron chi connectivity index (χ2n) is 6.50. The molecular formula is C23H16ClN3O6. The first-order valence-corrected chi connectivity index (χ1v) is 9.76. The fourth-order valence-electron chi connectivity index (χ4n) is 2.61. The molecule has 166 valence electrons. The third-order valence-corrected chi connectivity index (χ3v) is 4.45. The number of para-hydroxylation sites is 1. The lowest BCUT2D eigenvalue weighted by Crippen LogP contribution is -2.17. The van der Waals surface area contributed by atoms with Gasteiger partial charge in [-0.25, -0.2) is 10.2 Å². The number of amides is 1. The predicted molar refractivity (Wildman–Crippen MR) is 122 cm³/mol. The number of carbonyl (C=O) groups excluding carboxylic acids is 2. The quantitative estimate of drug-likeness (QED) is 0.133. The number of aromatic hydroxyl groups is 1. The average Bonchev–Trinajstić information content (AvgIpc) is 2.80. The van der Waals surface area contributed by atoms with Crippen LogP contribution in [-0.2, 0) is 4.79 Å². The Hall–Kier alpha value is -4.50. The zero-order valence-corrected chi connectivity index (χ0v) is 17.6. The van der Waals surface area contributed by atoms with Gasteiger partial charge in [-0.2, -0.15) is 5.10 Å². The van der Waals surface area contributed by atoms with Gasteiger partial charge in [-0.15, -0.1) is 0 Å². The third-order valence-electron chi connectivity index (χ3n) is 4.22. The van der Waals surface area contributed by atoms with E-state index < -0.39 is 16.8 Å². The zero-order valence-electron chi connectivity index (χ0n) is 16.8. The Bertz CT molecular complexity index is 1260. The van der Waals surface area contributed by atoms with E-state index >= 15 is 0 Å². The maximum absolute atomic E-state index is 12.2. The van der Waals surface area contributed by atoms with Gasteiger partial charge >= 0.3 is 5.97 Å². The number of nitrogens with one attached hydrogen (secondary N) is 1. The molecule has 0 saturated heterocycles. The first-order chi connectivity index (χ1) is 15.8. The number of hydrogen-bond donors (Lipinski definition) is 2. The highest BCUT2D eigenvalue weighted by atomic mass is 35.5.